The van der Waals surface area contributed by atoms with Crippen molar-refractivity contribution in [3.63, 3.8) is 0 Å². The van der Waals surface area contributed by atoms with E-state index in [1.807, 2.05) is 31.2 Å². The van der Waals surface area contributed by atoms with Crippen molar-refractivity contribution in [2.24, 2.45) is 0 Å². The topological polar surface area (TPSA) is 58.6 Å². The van der Waals surface area contributed by atoms with E-state index < -0.39 is 0 Å². The van der Waals surface area contributed by atoms with E-state index in [2.05, 4.69) is 5.32 Å². The number of ether oxygens (including phenoxy) is 1. The molecular formula is C16H22N2O3. The predicted molar refractivity (Wildman–Crippen MR) is 81.7 cm³/mol. The highest BCUT2D eigenvalue weighted by molar-refractivity contribution is 5.99. The van der Waals surface area contributed by atoms with Gasteiger partial charge in [-0.05, 0) is 38.8 Å². The molecule has 0 radical (unpaired) electrons. The second kappa shape index (κ2) is 7.11. The number of likely N-dealkylation sites (tertiary alicyclic amines) is 1. The molecule has 0 bridgehead atoms. The highest BCUT2D eigenvalue weighted by Crippen LogP contribution is 2.21. The van der Waals surface area contributed by atoms with Gasteiger partial charge < -0.3 is 15.0 Å². The van der Waals surface area contributed by atoms with E-state index in [0.717, 1.165) is 18.5 Å². The molecule has 1 fully saturated rings. The number of para-hydroxylation sites is 1. The quantitative estimate of drug-likeness (QED) is 0.866. The molecule has 114 valence electrons. The number of Topliss-reactive ketones (excluding diaryl/α,β-unsaturated/α-hetero) is 1. The SMILES string of the molecule is CCOC(=O)N1CCC(Nc2ccccc2C(C)=O)CC1. The fraction of sp³-hybridized carbons (Fsp3) is 0.500. The maximum absolute atomic E-state index is 11.6. The van der Waals surface area contributed by atoms with Crippen molar-refractivity contribution >= 4 is 17.6 Å². The Hall–Kier alpha value is -2.04. The van der Waals surface area contributed by atoms with Gasteiger partial charge in [0.05, 0.1) is 6.61 Å². The zero-order chi connectivity index (χ0) is 15.2. The number of ketones is 1. The van der Waals surface area contributed by atoms with Crippen LogP contribution in [-0.4, -0.2) is 42.5 Å². The lowest BCUT2D eigenvalue weighted by Crippen LogP contribution is -2.42. The van der Waals surface area contributed by atoms with Crippen molar-refractivity contribution in [2.45, 2.75) is 32.7 Å². The van der Waals surface area contributed by atoms with Crippen LogP contribution >= 0.6 is 0 Å². The first-order valence-electron chi connectivity index (χ1n) is 7.40. The Labute approximate surface area is 125 Å². The number of hydrogen-bond acceptors (Lipinski definition) is 4. The van der Waals surface area contributed by atoms with Gasteiger partial charge in [0.1, 0.15) is 0 Å². The highest BCUT2D eigenvalue weighted by Gasteiger charge is 2.24. The van der Waals surface area contributed by atoms with E-state index in [1.54, 1.807) is 11.8 Å². The molecular weight excluding hydrogens is 268 g/mol. The number of piperidine rings is 1. The molecule has 0 aliphatic carbocycles. The summed E-state index contributed by atoms with van der Waals surface area (Å²) in [6.45, 7) is 5.15. The molecule has 1 heterocycles. The van der Waals surface area contributed by atoms with Crippen LogP contribution in [-0.2, 0) is 4.74 Å². The molecule has 5 nitrogen and oxygen atoms in total. The summed E-state index contributed by atoms with van der Waals surface area (Å²) in [7, 11) is 0. The highest BCUT2D eigenvalue weighted by atomic mass is 16.6. The minimum absolute atomic E-state index is 0.0575. The Morgan fingerprint density at radius 2 is 1.95 bits per heavy atom. The van der Waals surface area contributed by atoms with Crippen LogP contribution in [0.1, 0.15) is 37.0 Å². The minimum atomic E-state index is -0.236. The number of nitrogens with one attached hydrogen (secondary N) is 1. The Kier molecular flexibility index (Phi) is 5.20. The third-order valence-electron chi connectivity index (χ3n) is 3.69. The van der Waals surface area contributed by atoms with Gasteiger partial charge in [0, 0.05) is 30.4 Å². The lowest BCUT2D eigenvalue weighted by atomic mass is 10.0. The van der Waals surface area contributed by atoms with Crippen LogP contribution in [0.15, 0.2) is 24.3 Å². The summed E-state index contributed by atoms with van der Waals surface area (Å²) in [6, 6.07) is 7.82. The Bertz CT molecular complexity index is 508. The van der Waals surface area contributed by atoms with E-state index in [1.165, 1.54) is 0 Å². The minimum Gasteiger partial charge on any atom is -0.450 e. The lowest BCUT2D eigenvalue weighted by molar-refractivity contribution is 0.0983. The van der Waals surface area contributed by atoms with Crippen molar-refractivity contribution in [1.82, 2.24) is 4.90 Å². The lowest BCUT2D eigenvalue weighted by Gasteiger charge is -2.32. The molecule has 1 aliphatic heterocycles. The molecule has 0 spiro atoms. The molecule has 1 aromatic rings. The first kappa shape index (κ1) is 15.4. The van der Waals surface area contributed by atoms with Gasteiger partial charge in [0.25, 0.3) is 0 Å². The van der Waals surface area contributed by atoms with Crippen molar-refractivity contribution in [3.05, 3.63) is 29.8 Å². The normalized spacial score (nSPS) is 15.6. The number of amides is 1. The molecule has 0 saturated carbocycles. The van der Waals surface area contributed by atoms with Crippen LogP contribution in [0.2, 0.25) is 0 Å². The monoisotopic (exact) mass is 290 g/mol. The van der Waals surface area contributed by atoms with Gasteiger partial charge in [-0.2, -0.15) is 0 Å². The summed E-state index contributed by atoms with van der Waals surface area (Å²) in [4.78, 5) is 25.0. The number of nitrogens with zero attached hydrogens (tertiary/aromatic N) is 1. The third kappa shape index (κ3) is 3.97. The smallest absolute Gasteiger partial charge is 0.409 e. The van der Waals surface area contributed by atoms with Crippen LogP contribution < -0.4 is 5.32 Å². The van der Waals surface area contributed by atoms with Crippen molar-refractivity contribution < 1.29 is 14.3 Å². The number of benzene rings is 1. The molecule has 21 heavy (non-hydrogen) atoms. The van der Waals surface area contributed by atoms with E-state index in [4.69, 9.17) is 4.74 Å². The molecule has 0 unspecified atom stereocenters. The summed E-state index contributed by atoms with van der Waals surface area (Å²) in [5, 5.41) is 3.42. The third-order valence-corrected chi connectivity index (χ3v) is 3.69. The maximum Gasteiger partial charge on any atom is 0.409 e. The molecule has 1 amide bonds. The van der Waals surface area contributed by atoms with Gasteiger partial charge in [-0.1, -0.05) is 12.1 Å². The molecule has 0 aromatic heterocycles. The second-order valence-corrected chi connectivity index (χ2v) is 5.21. The Morgan fingerprint density at radius 1 is 1.29 bits per heavy atom. The molecule has 0 atom stereocenters. The summed E-state index contributed by atoms with van der Waals surface area (Å²) >= 11 is 0. The summed E-state index contributed by atoms with van der Waals surface area (Å²) < 4.78 is 5.01. The average molecular weight is 290 g/mol. The van der Waals surface area contributed by atoms with Gasteiger partial charge in [-0.15, -0.1) is 0 Å². The summed E-state index contributed by atoms with van der Waals surface area (Å²) in [6.07, 6.45) is 1.47. The van der Waals surface area contributed by atoms with E-state index >= 15 is 0 Å². The predicted octanol–water partition coefficient (Wildman–Crippen LogP) is 2.92. The number of carbonyl (C=O) groups is 2. The number of anilines is 1. The van der Waals surface area contributed by atoms with Crippen LogP contribution in [0, 0.1) is 0 Å². The van der Waals surface area contributed by atoms with Crippen LogP contribution in [0.25, 0.3) is 0 Å². The van der Waals surface area contributed by atoms with Gasteiger partial charge in [-0.3, -0.25) is 4.79 Å². The average Bonchev–Trinajstić information content (AvgIpc) is 2.48. The van der Waals surface area contributed by atoms with Gasteiger partial charge >= 0.3 is 6.09 Å². The van der Waals surface area contributed by atoms with Crippen LogP contribution in [0.5, 0.6) is 0 Å². The summed E-state index contributed by atoms with van der Waals surface area (Å²) in [5.41, 5.74) is 1.59. The number of hydrogen-bond donors (Lipinski definition) is 1. The van der Waals surface area contributed by atoms with Gasteiger partial charge in [0.2, 0.25) is 0 Å². The van der Waals surface area contributed by atoms with Crippen molar-refractivity contribution in [2.75, 3.05) is 25.0 Å². The fourth-order valence-corrected chi connectivity index (χ4v) is 2.56. The van der Waals surface area contributed by atoms with Crippen LogP contribution in [0.3, 0.4) is 0 Å². The molecule has 1 aromatic carbocycles. The van der Waals surface area contributed by atoms with Gasteiger partial charge in [0.15, 0.2) is 5.78 Å². The number of rotatable bonds is 4. The van der Waals surface area contributed by atoms with E-state index in [-0.39, 0.29) is 17.9 Å². The second-order valence-electron chi connectivity index (χ2n) is 5.21. The molecule has 1 saturated heterocycles. The number of carbonyl (C=O) groups excluding carboxylic acids is 2. The maximum atomic E-state index is 11.6. The molecule has 1 aliphatic rings. The van der Waals surface area contributed by atoms with E-state index in [9.17, 15) is 9.59 Å². The molecule has 1 N–H and O–H groups in total. The molecule has 2 rings (SSSR count). The first-order chi connectivity index (χ1) is 10.1. The Balaban J connectivity index is 1.92. The van der Waals surface area contributed by atoms with Crippen LogP contribution in [0.4, 0.5) is 10.5 Å². The van der Waals surface area contributed by atoms with Crippen molar-refractivity contribution in [3.8, 4) is 0 Å². The zero-order valence-electron chi connectivity index (χ0n) is 12.6. The largest absolute Gasteiger partial charge is 0.450 e. The zero-order valence-corrected chi connectivity index (χ0v) is 12.6. The Morgan fingerprint density at radius 3 is 2.57 bits per heavy atom. The van der Waals surface area contributed by atoms with E-state index in [0.29, 0.717) is 25.3 Å². The van der Waals surface area contributed by atoms with Gasteiger partial charge in [-0.25, -0.2) is 4.79 Å². The first-order valence-corrected chi connectivity index (χ1v) is 7.40. The van der Waals surface area contributed by atoms with Crippen molar-refractivity contribution in [1.29, 1.82) is 0 Å². The molecule has 5 heteroatoms. The summed E-state index contributed by atoms with van der Waals surface area (Å²) in [5.74, 6) is 0.0575. The fourth-order valence-electron chi connectivity index (χ4n) is 2.56. The standard InChI is InChI=1S/C16H22N2O3/c1-3-21-16(20)18-10-8-13(9-11-18)17-15-7-5-4-6-14(15)12(2)19/h4-7,13,17H,3,8-11H2,1-2H3.